The lowest BCUT2D eigenvalue weighted by Crippen LogP contribution is -2.31. The number of nitrogens with two attached hydrogens (primary N) is 1. The van der Waals surface area contributed by atoms with Crippen molar-refractivity contribution in [1.82, 2.24) is 10.2 Å². The zero-order valence-corrected chi connectivity index (χ0v) is 12.9. The minimum atomic E-state index is -0.187. The Labute approximate surface area is 125 Å². The predicted molar refractivity (Wildman–Crippen MR) is 85.3 cm³/mol. The number of hydrogen-bond donors (Lipinski definition) is 3. The van der Waals surface area contributed by atoms with Crippen molar-refractivity contribution < 1.29 is 9.59 Å². The molecule has 2 amide bonds. The van der Waals surface area contributed by atoms with Gasteiger partial charge in [-0.3, -0.25) is 9.59 Å². The van der Waals surface area contributed by atoms with Crippen LogP contribution in [0, 0.1) is 0 Å². The summed E-state index contributed by atoms with van der Waals surface area (Å²) in [4.78, 5) is 25.5. The second-order valence-corrected chi connectivity index (χ2v) is 4.63. The summed E-state index contributed by atoms with van der Waals surface area (Å²) >= 11 is 0. The van der Waals surface area contributed by atoms with Crippen LogP contribution in [0.2, 0.25) is 0 Å². The second kappa shape index (κ2) is 8.14. The van der Waals surface area contributed by atoms with E-state index in [0.717, 1.165) is 0 Å². The quantitative estimate of drug-likeness (QED) is 0.661. The smallest absolute Gasteiger partial charge is 0.253 e. The maximum Gasteiger partial charge on any atom is 0.253 e. The molecule has 21 heavy (non-hydrogen) atoms. The zero-order valence-electron chi connectivity index (χ0n) is 12.9. The molecule has 6 nitrogen and oxygen atoms in total. The van der Waals surface area contributed by atoms with E-state index in [1.54, 1.807) is 30.1 Å². The largest absolute Gasteiger partial charge is 0.399 e. The lowest BCUT2D eigenvalue weighted by atomic mass is 10.1. The van der Waals surface area contributed by atoms with E-state index in [4.69, 9.17) is 5.73 Å². The Morgan fingerprint density at radius 1 is 1.24 bits per heavy atom. The number of hydrogen-bond acceptors (Lipinski definition) is 4. The number of anilines is 2. The molecule has 0 aliphatic heterocycles. The van der Waals surface area contributed by atoms with Gasteiger partial charge in [-0.2, -0.15) is 0 Å². The molecule has 0 saturated heterocycles. The maximum atomic E-state index is 11.9. The summed E-state index contributed by atoms with van der Waals surface area (Å²) in [7, 11) is 1.58. The molecular formula is C15H24N4O2. The third kappa shape index (κ3) is 4.66. The molecule has 0 fully saturated rings. The van der Waals surface area contributed by atoms with E-state index in [-0.39, 0.29) is 11.8 Å². The Morgan fingerprint density at radius 2 is 1.90 bits per heavy atom. The first kappa shape index (κ1) is 16.8. The van der Waals surface area contributed by atoms with Crippen molar-refractivity contribution in [3.8, 4) is 0 Å². The Morgan fingerprint density at radius 3 is 2.48 bits per heavy atom. The molecule has 0 aliphatic rings. The molecule has 116 valence electrons. The molecule has 0 spiro atoms. The molecule has 4 N–H and O–H groups in total. The lowest BCUT2D eigenvalue weighted by Gasteiger charge is -2.19. The highest BCUT2D eigenvalue weighted by Gasteiger charge is 2.12. The summed E-state index contributed by atoms with van der Waals surface area (Å²) in [5.74, 6) is -0.0922. The average molecular weight is 292 g/mol. The summed E-state index contributed by atoms with van der Waals surface area (Å²) in [6, 6.07) is 5.05. The molecule has 1 rings (SSSR count). The Bertz CT molecular complexity index is 498. The van der Waals surface area contributed by atoms with Gasteiger partial charge in [0, 0.05) is 44.5 Å². The van der Waals surface area contributed by atoms with E-state index in [2.05, 4.69) is 10.6 Å². The molecule has 0 radical (unpaired) electrons. The minimum Gasteiger partial charge on any atom is -0.399 e. The normalized spacial score (nSPS) is 10.0. The van der Waals surface area contributed by atoms with Gasteiger partial charge in [0.05, 0.1) is 5.56 Å². The van der Waals surface area contributed by atoms with Crippen molar-refractivity contribution in [1.29, 1.82) is 0 Å². The number of nitrogen functional groups attached to an aromatic ring is 1. The van der Waals surface area contributed by atoms with Crippen molar-refractivity contribution in [2.75, 3.05) is 37.7 Å². The highest BCUT2D eigenvalue weighted by atomic mass is 16.2. The molecule has 0 heterocycles. The summed E-state index contributed by atoms with van der Waals surface area (Å²) in [5, 5.41) is 5.70. The third-order valence-corrected chi connectivity index (χ3v) is 3.29. The highest BCUT2D eigenvalue weighted by Crippen LogP contribution is 2.19. The molecule has 0 unspecified atom stereocenters. The van der Waals surface area contributed by atoms with E-state index < -0.39 is 0 Å². The van der Waals surface area contributed by atoms with Crippen molar-refractivity contribution in [2.24, 2.45) is 0 Å². The van der Waals surface area contributed by atoms with Crippen molar-refractivity contribution in [3.05, 3.63) is 23.8 Å². The number of carbonyl (C=O) groups is 2. The lowest BCUT2D eigenvalue weighted by molar-refractivity contribution is -0.130. The Hall–Kier alpha value is -2.24. The van der Waals surface area contributed by atoms with Crippen LogP contribution in [-0.4, -0.2) is 43.4 Å². The van der Waals surface area contributed by atoms with Gasteiger partial charge in [-0.15, -0.1) is 0 Å². The number of nitrogens with one attached hydrogen (secondary N) is 2. The van der Waals surface area contributed by atoms with Crippen molar-refractivity contribution in [3.63, 3.8) is 0 Å². The van der Waals surface area contributed by atoms with Gasteiger partial charge in [0.15, 0.2) is 0 Å². The fourth-order valence-electron chi connectivity index (χ4n) is 2.08. The molecule has 1 aromatic rings. The summed E-state index contributed by atoms with van der Waals surface area (Å²) in [6.45, 7) is 5.78. The van der Waals surface area contributed by atoms with Gasteiger partial charge in [0.1, 0.15) is 0 Å². The number of rotatable bonds is 7. The Kier molecular flexibility index (Phi) is 6.52. The van der Waals surface area contributed by atoms with Gasteiger partial charge in [-0.1, -0.05) is 0 Å². The van der Waals surface area contributed by atoms with Crippen LogP contribution in [0.5, 0.6) is 0 Å². The van der Waals surface area contributed by atoms with Gasteiger partial charge in [-0.05, 0) is 32.0 Å². The molecule has 0 aliphatic carbocycles. The second-order valence-electron chi connectivity index (χ2n) is 4.63. The Balaban J connectivity index is 2.69. The molecule has 6 heteroatoms. The van der Waals surface area contributed by atoms with E-state index in [9.17, 15) is 9.59 Å². The third-order valence-electron chi connectivity index (χ3n) is 3.29. The number of amides is 2. The first-order valence-electron chi connectivity index (χ1n) is 7.16. The molecular weight excluding hydrogens is 268 g/mol. The first-order chi connectivity index (χ1) is 10.0. The van der Waals surface area contributed by atoms with E-state index in [1.165, 1.54) is 0 Å². The van der Waals surface area contributed by atoms with Crippen LogP contribution in [0.25, 0.3) is 0 Å². The first-order valence-corrected chi connectivity index (χ1v) is 7.16. The maximum absolute atomic E-state index is 11.9. The zero-order chi connectivity index (χ0) is 15.8. The molecule has 0 aromatic heterocycles. The van der Waals surface area contributed by atoms with Gasteiger partial charge >= 0.3 is 0 Å². The summed E-state index contributed by atoms with van der Waals surface area (Å²) in [6.07, 6.45) is 0.379. The van der Waals surface area contributed by atoms with Gasteiger partial charge < -0.3 is 21.3 Å². The van der Waals surface area contributed by atoms with Crippen LogP contribution in [0.4, 0.5) is 11.4 Å². The minimum absolute atomic E-state index is 0.0953. The summed E-state index contributed by atoms with van der Waals surface area (Å²) in [5.41, 5.74) is 7.47. The summed E-state index contributed by atoms with van der Waals surface area (Å²) < 4.78 is 0. The van der Waals surface area contributed by atoms with Gasteiger partial charge in [0.2, 0.25) is 5.91 Å². The molecule has 1 aromatic carbocycles. The van der Waals surface area contributed by atoms with E-state index >= 15 is 0 Å². The van der Waals surface area contributed by atoms with Gasteiger partial charge in [-0.25, -0.2) is 0 Å². The van der Waals surface area contributed by atoms with Crippen LogP contribution in [0.3, 0.4) is 0 Å². The van der Waals surface area contributed by atoms with Crippen LogP contribution in [0.1, 0.15) is 30.6 Å². The number of nitrogens with zero attached hydrogens (tertiary/aromatic N) is 1. The number of benzene rings is 1. The predicted octanol–water partition coefficient (Wildman–Crippen LogP) is 1.30. The molecule has 0 bridgehead atoms. The fourth-order valence-corrected chi connectivity index (χ4v) is 2.08. The average Bonchev–Trinajstić information content (AvgIpc) is 2.48. The van der Waals surface area contributed by atoms with E-state index in [0.29, 0.717) is 43.0 Å². The topological polar surface area (TPSA) is 87.5 Å². The van der Waals surface area contributed by atoms with Crippen LogP contribution < -0.4 is 16.4 Å². The van der Waals surface area contributed by atoms with Gasteiger partial charge in [0.25, 0.3) is 5.91 Å². The monoisotopic (exact) mass is 292 g/mol. The van der Waals surface area contributed by atoms with Crippen LogP contribution >= 0.6 is 0 Å². The van der Waals surface area contributed by atoms with Crippen LogP contribution in [-0.2, 0) is 4.79 Å². The standard InChI is InChI=1S/C15H24N4O2/c1-4-19(5-2)14(20)8-9-18-13-10-11(16)6-7-12(13)15(21)17-3/h6-7,10,18H,4-5,8-9,16H2,1-3H3,(H,17,21). The van der Waals surface area contributed by atoms with E-state index in [1.807, 2.05) is 13.8 Å². The SMILES string of the molecule is CCN(CC)C(=O)CCNc1cc(N)ccc1C(=O)NC. The van der Waals surface area contributed by atoms with Crippen molar-refractivity contribution in [2.45, 2.75) is 20.3 Å². The highest BCUT2D eigenvalue weighted by molar-refractivity contribution is 6.00. The molecule has 0 atom stereocenters. The van der Waals surface area contributed by atoms with Crippen LogP contribution in [0.15, 0.2) is 18.2 Å². The molecule has 0 saturated carbocycles. The number of carbonyl (C=O) groups excluding carboxylic acids is 2. The fraction of sp³-hybridized carbons (Fsp3) is 0.467. The van der Waals surface area contributed by atoms with Crippen molar-refractivity contribution >= 4 is 23.2 Å².